The van der Waals surface area contributed by atoms with Gasteiger partial charge in [0, 0.05) is 50.6 Å². The van der Waals surface area contributed by atoms with Crippen LogP contribution in [0.15, 0.2) is 102 Å². The SMILES string of the molecule is CCNC(=O)CCC(=O)O[C@@H](C(=O)O[C@H]1C[C@@]2(O)[C@@H](OC(=O)c3ccccc3)[C@@H]3[C@]4(OC(C)=O)CO[C@@H]4C[C@H](O)[C@@]3(C)C(=O)[C@H](OC(C)=O)C(=C1C)C2(C)C)[C@@H](NC(=O)c1ccccc1)c1ccccc1. The topological polar surface area (TPSA) is 256 Å². The van der Waals surface area contributed by atoms with Gasteiger partial charge in [-0.15, -0.1) is 0 Å². The van der Waals surface area contributed by atoms with Gasteiger partial charge >= 0.3 is 29.8 Å². The Balaban J connectivity index is 1.41. The van der Waals surface area contributed by atoms with E-state index in [1.54, 1.807) is 73.7 Å². The van der Waals surface area contributed by atoms with E-state index in [4.69, 9.17) is 28.4 Å². The summed E-state index contributed by atoms with van der Waals surface area (Å²) in [6.45, 7) is 9.80. The van der Waals surface area contributed by atoms with Gasteiger partial charge < -0.3 is 49.3 Å². The van der Waals surface area contributed by atoms with Crippen LogP contribution in [0.2, 0.25) is 0 Å². The van der Waals surface area contributed by atoms with Crippen LogP contribution in [0.4, 0.5) is 0 Å². The smallest absolute Gasteiger partial charge is 0.350 e. The van der Waals surface area contributed by atoms with Crippen molar-refractivity contribution in [1.29, 1.82) is 0 Å². The molecule has 3 aliphatic carbocycles. The molecule has 7 rings (SSSR count). The number of hydrogen-bond acceptors (Lipinski definition) is 16. The third-order valence-corrected chi connectivity index (χ3v) is 14.6. The summed E-state index contributed by atoms with van der Waals surface area (Å²) in [5, 5.41) is 31.5. The standard InChI is InChI=1S/C53H60N2O16/c1-8-54-38(59)24-25-39(60)69-43(41(32-18-12-9-13-19-32)55-47(62)33-20-14-10-15-21-33)49(64)68-35-27-53(65)46(70-48(63)34-22-16-11-17-23-34)44-51(7,36(58)26-37-52(44,28-66-37)71-31(4)57)45(61)42(67-30(3)56)40(29(35)2)50(53,5)6/h9-23,35-37,41-44,46,58,65H,8,24-28H2,1-7H3,(H,54,59)(H,55,62)/t35-,36-,37+,41-,42+,43+,44-,46-,51+,52-,53+/m0/s1. The highest BCUT2D eigenvalue weighted by atomic mass is 16.6. The lowest BCUT2D eigenvalue weighted by atomic mass is 9.44. The molecule has 378 valence electrons. The van der Waals surface area contributed by atoms with Crippen molar-refractivity contribution < 1.29 is 77.0 Å². The molecule has 2 amide bonds. The largest absolute Gasteiger partial charge is 0.455 e. The number of carbonyl (C=O) groups is 8. The van der Waals surface area contributed by atoms with Crippen molar-refractivity contribution in [3.63, 3.8) is 0 Å². The highest BCUT2D eigenvalue weighted by molar-refractivity contribution is 5.96. The summed E-state index contributed by atoms with van der Waals surface area (Å²) in [4.78, 5) is 112. The second kappa shape index (κ2) is 20.5. The van der Waals surface area contributed by atoms with E-state index in [0.717, 1.165) is 13.8 Å². The van der Waals surface area contributed by atoms with Gasteiger partial charge in [-0.1, -0.05) is 80.6 Å². The van der Waals surface area contributed by atoms with Crippen molar-refractivity contribution in [2.45, 2.75) is 128 Å². The van der Waals surface area contributed by atoms with Crippen molar-refractivity contribution >= 4 is 47.4 Å². The highest BCUT2D eigenvalue weighted by Gasteiger charge is 2.78. The van der Waals surface area contributed by atoms with Crippen LogP contribution in [0.1, 0.15) is 106 Å². The fourth-order valence-electron chi connectivity index (χ4n) is 11.0. The normalized spacial score (nSPS) is 29.1. The lowest BCUT2D eigenvalue weighted by Crippen LogP contribution is -2.82. The van der Waals surface area contributed by atoms with Crippen molar-refractivity contribution in [1.82, 2.24) is 10.6 Å². The minimum Gasteiger partial charge on any atom is -0.455 e. The zero-order valence-electron chi connectivity index (χ0n) is 40.6. The van der Waals surface area contributed by atoms with E-state index in [1.807, 2.05) is 0 Å². The molecule has 18 nitrogen and oxygen atoms in total. The van der Waals surface area contributed by atoms with Gasteiger partial charge in [0.25, 0.3) is 5.91 Å². The van der Waals surface area contributed by atoms with E-state index in [1.165, 1.54) is 52.0 Å². The molecule has 1 heterocycles. The number of hydrogen-bond donors (Lipinski definition) is 4. The first kappa shape index (κ1) is 52.1. The predicted octanol–water partition coefficient (Wildman–Crippen LogP) is 4.20. The predicted molar refractivity (Wildman–Crippen MR) is 249 cm³/mol. The molecule has 11 atom stereocenters. The molecule has 0 aromatic heterocycles. The Morgan fingerprint density at radius 1 is 0.817 bits per heavy atom. The first-order valence-electron chi connectivity index (χ1n) is 23.6. The van der Waals surface area contributed by atoms with Crippen LogP contribution in [0.25, 0.3) is 0 Å². The molecule has 0 spiro atoms. The molecule has 4 N–H and O–H groups in total. The number of nitrogens with one attached hydrogen (secondary N) is 2. The molecule has 2 bridgehead atoms. The van der Waals surface area contributed by atoms with E-state index in [2.05, 4.69) is 10.6 Å². The summed E-state index contributed by atoms with van der Waals surface area (Å²) < 4.78 is 36.6. The average Bonchev–Trinajstić information content (AvgIpc) is 3.33. The zero-order valence-corrected chi connectivity index (χ0v) is 40.6. The maximum Gasteiger partial charge on any atom is 0.350 e. The molecule has 71 heavy (non-hydrogen) atoms. The van der Waals surface area contributed by atoms with Crippen LogP contribution in [-0.4, -0.2) is 119 Å². The quantitative estimate of drug-likeness (QED) is 0.0945. The third-order valence-electron chi connectivity index (χ3n) is 14.6. The summed E-state index contributed by atoms with van der Waals surface area (Å²) in [5.41, 5.74) is -7.57. The number of rotatable bonds is 15. The van der Waals surface area contributed by atoms with Crippen molar-refractivity contribution in [2.24, 2.45) is 16.7 Å². The van der Waals surface area contributed by atoms with Crippen LogP contribution >= 0.6 is 0 Å². The molecule has 2 saturated carbocycles. The van der Waals surface area contributed by atoms with Gasteiger partial charge in [-0.3, -0.25) is 28.8 Å². The van der Waals surface area contributed by atoms with Gasteiger partial charge in [-0.25, -0.2) is 9.59 Å². The lowest BCUT2D eigenvalue weighted by molar-refractivity contribution is -0.346. The number of esters is 5. The minimum atomic E-state index is -2.48. The number of ether oxygens (including phenoxy) is 6. The molecular formula is C53H60N2O16. The molecule has 1 aliphatic heterocycles. The lowest BCUT2D eigenvalue weighted by Gasteiger charge is -2.67. The molecule has 0 unspecified atom stereocenters. The fourth-order valence-corrected chi connectivity index (χ4v) is 11.0. The van der Waals surface area contributed by atoms with E-state index < -0.39 is 131 Å². The number of aliphatic hydroxyl groups excluding tert-OH is 1. The molecule has 3 aromatic carbocycles. The van der Waals surface area contributed by atoms with E-state index in [-0.39, 0.29) is 41.7 Å². The summed E-state index contributed by atoms with van der Waals surface area (Å²) in [5.74, 6) is -8.61. The third kappa shape index (κ3) is 9.72. The van der Waals surface area contributed by atoms with Gasteiger partial charge in [-0.05, 0) is 61.7 Å². The second-order valence-corrected chi connectivity index (χ2v) is 19.3. The molecule has 3 aromatic rings. The molecule has 0 radical (unpaired) electrons. The first-order valence-corrected chi connectivity index (χ1v) is 23.6. The maximum absolute atomic E-state index is 15.7. The van der Waals surface area contributed by atoms with Crippen LogP contribution in [0.5, 0.6) is 0 Å². The number of Topliss-reactive ketones (excluding diaryl/α,β-unsaturated/α-hetero) is 1. The Morgan fingerprint density at radius 3 is 1.99 bits per heavy atom. The summed E-state index contributed by atoms with van der Waals surface area (Å²) in [7, 11) is 0. The van der Waals surface area contributed by atoms with Crippen LogP contribution in [-0.2, 0) is 57.2 Å². The monoisotopic (exact) mass is 980 g/mol. The Kier molecular flexibility index (Phi) is 15.1. The maximum atomic E-state index is 15.7. The number of benzene rings is 3. The zero-order chi connectivity index (χ0) is 51.6. The van der Waals surface area contributed by atoms with Crippen LogP contribution in [0, 0.1) is 16.7 Å². The number of aliphatic hydroxyl groups is 2. The second-order valence-electron chi connectivity index (χ2n) is 19.3. The highest BCUT2D eigenvalue weighted by Crippen LogP contribution is 2.64. The van der Waals surface area contributed by atoms with E-state index in [9.17, 15) is 39.0 Å². The van der Waals surface area contributed by atoms with Gasteiger partial charge in [0.05, 0.1) is 36.0 Å². The summed E-state index contributed by atoms with van der Waals surface area (Å²) in [6, 6.07) is 22.5. The van der Waals surface area contributed by atoms with Crippen LogP contribution in [0.3, 0.4) is 0 Å². The van der Waals surface area contributed by atoms with E-state index in [0.29, 0.717) is 12.1 Å². The molecule has 18 heteroatoms. The van der Waals surface area contributed by atoms with Gasteiger partial charge in [0.2, 0.25) is 12.0 Å². The molecule has 4 aliphatic rings. The van der Waals surface area contributed by atoms with Gasteiger partial charge in [0.1, 0.15) is 30.0 Å². The number of ketones is 1. The van der Waals surface area contributed by atoms with E-state index >= 15 is 9.59 Å². The van der Waals surface area contributed by atoms with Crippen LogP contribution < -0.4 is 10.6 Å². The van der Waals surface area contributed by atoms with Crippen molar-refractivity contribution in [3.8, 4) is 0 Å². The Hall–Kier alpha value is -6.76. The number of amides is 2. The summed E-state index contributed by atoms with van der Waals surface area (Å²) >= 11 is 0. The van der Waals surface area contributed by atoms with Gasteiger partial charge in [-0.2, -0.15) is 0 Å². The van der Waals surface area contributed by atoms with Crippen molar-refractivity contribution in [3.05, 3.63) is 119 Å². The minimum absolute atomic E-state index is 0.0353. The number of fused-ring (bicyclic) bond motifs is 5. The first-order chi connectivity index (χ1) is 33.6. The fraction of sp³-hybridized carbons (Fsp3) is 0.472. The molecule has 3 fully saturated rings. The summed E-state index contributed by atoms with van der Waals surface area (Å²) in [6.07, 6.45) is -11.7. The average molecular weight is 981 g/mol. The molecule has 1 saturated heterocycles. The number of carbonyl (C=O) groups excluding carboxylic acids is 8. The Labute approximate surface area is 410 Å². The molecular weight excluding hydrogens is 921 g/mol. The van der Waals surface area contributed by atoms with Gasteiger partial charge in [0.15, 0.2) is 17.5 Å². The van der Waals surface area contributed by atoms with Crippen molar-refractivity contribution in [2.75, 3.05) is 13.2 Å². The Morgan fingerprint density at radius 2 is 1.42 bits per heavy atom. The Bertz CT molecular complexity index is 2590.